The molecule has 0 unspecified atom stereocenters. The fourth-order valence-electron chi connectivity index (χ4n) is 1.72. The van der Waals surface area contributed by atoms with Gasteiger partial charge >= 0.3 is 6.16 Å². The number of sulfonamides is 1. The molecule has 0 fully saturated rings. The highest BCUT2D eigenvalue weighted by molar-refractivity contribution is 7.90. The quantitative estimate of drug-likeness (QED) is 0.809. The van der Waals surface area contributed by atoms with Crippen LogP contribution in [-0.4, -0.2) is 31.6 Å². The number of carbonyl (C=O) groups excluding carboxylic acids is 2. The van der Waals surface area contributed by atoms with Crippen LogP contribution in [0.4, 0.5) is 4.79 Å². The molecular weight excluding hydrogens is 348 g/mol. The van der Waals surface area contributed by atoms with E-state index in [4.69, 9.17) is 9.47 Å². The van der Waals surface area contributed by atoms with Crippen LogP contribution in [0.15, 0.2) is 53.6 Å². The van der Waals surface area contributed by atoms with Crippen LogP contribution < -0.4 is 9.46 Å². The highest BCUT2D eigenvalue weighted by atomic mass is 32.2. The van der Waals surface area contributed by atoms with E-state index in [9.17, 15) is 18.0 Å². The normalized spacial score (nSPS) is 11.0. The summed E-state index contributed by atoms with van der Waals surface area (Å²) in [5, 5.41) is 0. The van der Waals surface area contributed by atoms with Crippen molar-refractivity contribution in [3.63, 3.8) is 0 Å². The lowest BCUT2D eigenvalue weighted by atomic mass is 10.3. The second-order valence-electron chi connectivity index (χ2n) is 5.15. The molecule has 0 saturated carbocycles. The van der Waals surface area contributed by atoms with Gasteiger partial charge in [0.05, 0.1) is 16.6 Å². The molecule has 0 aliphatic heterocycles. The number of amides is 1. The standard InChI is InChI=1S/C16H16N2O6S/c1-11(2)23-16(20)24-14-9-8-12(10-17-14)15(19)18-25(21,22)13-6-4-3-5-7-13/h3-11H,1-2H3,(H,18,19). The summed E-state index contributed by atoms with van der Waals surface area (Å²) in [4.78, 5) is 27.1. The van der Waals surface area contributed by atoms with Gasteiger partial charge in [-0.3, -0.25) is 4.79 Å². The van der Waals surface area contributed by atoms with Crippen LogP contribution in [0.2, 0.25) is 0 Å². The van der Waals surface area contributed by atoms with Gasteiger partial charge in [-0.15, -0.1) is 0 Å². The molecule has 1 heterocycles. The molecule has 1 aromatic carbocycles. The number of carbonyl (C=O) groups is 2. The van der Waals surface area contributed by atoms with Crippen molar-refractivity contribution < 1.29 is 27.5 Å². The van der Waals surface area contributed by atoms with Crippen LogP contribution in [0.1, 0.15) is 24.2 Å². The number of rotatable bonds is 5. The molecule has 9 heteroatoms. The third-order valence-corrected chi connectivity index (χ3v) is 4.15. The zero-order valence-corrected chi connectivity index (χ0v) is 14.3. The minimum atomic E-state index is -3.98. The summed E-state index contributed by atoms with van der Waals surface area (Å²) in [6.07, 6.45) is -0.180. The summed E-state index contributed by atoms with van der Waals surface area (Å²) < 4.78 is 35.7. The Morgan fingerprint density at radius 1 is 1.08 bits per heavy atom. The summed E-state index contributed by atoms with van der Waals surface area (Å²) >= 11 is 0. The van der Waals surface area contributed by atoms with Crippen LogP contribution in [0.5, 0.6) is 5.88 Å². The minimum absolute atomic E-state index is 0.0101. The molecule has 2 rings (SSSR count). The molecule has 1 aromatic heterocycles. The molecule has 2 aromatic rings. The summed E-state index contributed by atoms with van der Waals surface area (Å²) in [6.45, 7) is 3.32. The smallest absolute Gasteiger partial charge is 0.431 e. The van der Waals surface area contributed by atoms with Gasteiger partial charge in [-0.1, -0.05) is 18.2 Å². The fraction of sp³-hybridized carbons (Fsp3) is 0.188. The van der Waals surface area contributed by atoms with Crippen LogP contribution in [0.3, 0.4) is 0 Å². The van der Waals surface area contributed by atoms with Gasteiger partial charge in [-0.25, -0.2) is 22.9 Å². The van der Waals surface area contributed by atoms with Crippen molar-refractivity contribution in [2.24, 2.45) is 0 Å². The first-order valence-corrected chi connectivity index (χ1v) is 8.73. The van der Waals surface area contributed by atoms with Gasteiger partial charge in [0.25, 0.3) is 15.9 Å². The van der Waals surface area contributed by atoms with Crippen molar-refractivity contribution in [2.75, 3.05) is 0 Å². The molecule has 0 radical (unpaired) electrons. The van der Waals surface area contributed by atoms with Crippen molar-refractivity contribution in [1.82, 2.24) is 9.71 Å². The average molecular weight is 364 g/mol. The molecule has 0 atom stereocenters. The van der Waals surface area contributed by atoms with E-state index in [1.165, 1.54) is 24.3 Å². The maximum atomic E-state index is 12.1. The Morgan fingerprint density at radius 2 is 1.76 bits per heavy atom. The first-order chi connectivity index (χ1) is 11.8. The maximum Gasteiger partial charge on any atom is 0.515 e. The summed E-state index contributed by atoms with van der Waals surface area (Å²) in [5.74, 6) is -0.930. The third-order valence-electron chi connectivity index (χ3n) is 2.80. The van der Waals surface area contributed by atoms with Gasteiger partial charge in [0, 0.05) is 12.3 Å². The number of pyridine rings is 1. The molecule has 0 spiro atoms. The van der Waals surface area contributed by atoms with E-state index in [0.29, 0.717) is 0 Å². The fourth-order valence-corrected chi connectivity index (χ4v) is 2.71. The first-order valence-electron chi connectivity index (χ1n) is 7.24. The molecule has 1 amide bonds. The highest BCUT2D eigenvalue weighted by Crippen LogP contribution is 2.11. The van der Waals surface area contributed by atoms with Gasteiger partial charge in [0.2, 0.25) is 5.88 Å². The topological polar surface area (TPSA) is 112 Å². The Morgan fingerprint density at radius 3 is 2.32 bits per heavy atom. The second-order valence-corrected chi connectivity index (χ2v) is 6.83. The molecule has 25 heavy (non-hydrogen) atoms. The van der Waals surface area contributed by atoms with Crippen molar-refractivity contribution >= 4 is 22.1 Å². The van der Waals surface area contributed by atoms with E-state index in [2.05, 4.69) is 4.98 Å². The van der Waals surface area contributed by atoms with Gasteiger partial charge in [-0.2, -0.15) is 0 Å². The number of hydrogen-bond acceptors (Lipinski definition) is 7. The Bertz CT molecular complexity index is 848. The zero-order chi connectivity index (χ0) is 18.4. The molecule has 0 aliphatic rings. The van der Waals surface area contributed by atoms with Crippen LogP contribution in [0.25, 0.3) is 0 Å². The van der Waals surface area contributed by atoms with E-state index in [1.807, 2.05) is 4.72 Å². The molecule has 0 aliphatic carbocycles. The number of ether oxygens (including phenoxy) is 2. The first kappa shape index (κ1) is 18.4. The predicted molar refractivity (Wildman–Crippen MR) is 87.6 cm³/mol. The van der Waals surface area contributed by atoms with Crippen molar-refractivity contribution in [2.45, 2.75) is 24.8 Å². The minimum Gasteiger partial charge on any atom is -0.431 e. The summed E-state index contributed by atoms with van der Waals surface area (Å²) in [6, 6.07) is 10.0. The Labute approximate surface area is 144 Å². The van der Waals surface area contributed by atoms with E-state index in [-0.39, 0.29) is 22.4 Å². The lowest BCUT2D eigenvalue weighted by Crippen LogP contribution is -2.30. The van der Waals surface area contributed by atoms with Gasteiger partial charge in [0.15, 0.2) is 0 Å². The van der Waals surface area contributed by atoms with E-state index < -0.39 is 22.1 Å². The largest absolute Gasteiger partial charge is 0.515 e. The SMILES string of the molecule is CC(C)OC(=O)Oc1ccc(C(=O)NS(=O)(=O)c2ccccc2)cn1. The van der Waals surface area contributed by atoms with Crippen molar-refractivity contribution in [3.8, 4) is 5.88 Å². The van der Waals surface area contributed by atoms with Crippen LogP contribution in [0, 0.1) is 0 Å². The molecule has 1 N–H and O–H groups in total. The van der Waals surface area contributed by atoms with Crippen molar-refractivity contribution in [3.05, 3.63) is 54.2 Å². The lowest BCUT2D eigenvalue weighted by molar-refractivity contribution is 0.0716. The maximum absolute atomic E-state index is 12.1. The predicted octanol–water partition coefficient (Wildman–Crippen LogP) is 2.12. The van der Waals surface area contributed by atoms with Gasteiger partial charge in [0.1, 0.15) is 0 Å². The molecule has 0 saturated heterocycles. The second kappa shape index (κ2) is 7.75. The molecule has 0 bridgehead atoms. The zero-order valence-electron chi connectivity index (χ0n) is 13.5. The van der Waals surface area contributed by atoms with Crippen molar-refractivity contribution in [1.29, 1.82) is 0 Å². The lowest BCUT2D eigenvalue weighted by Gasteiger charge is -2.08. The molecule has 132 valence electrons. The monoisotopic (exact) mass is 364 g/mol. The number of aromatic nitrogens is 1. The Balaban J connectivity index is 2.04. The van der Waals surface area contributed by atoms with Crippen LogP contribution in [-0.2, 0) is 14.8 Å². The number of nitrogens with zero attached hydrogens (tertiary/aromatic N) is 1. The van der Waals surface area contributed by atoms with Gasteiger partial charge in [-0.05, 0) is 32.0 Å². The van der Waals surface area contributed by atoms with E-state index in [0.717, 1.165) is 6.20 Å². The molecule has 8 nitrogen and oxygen atoms in total. The molecular formula is C16H16N2O6S. The van der Waals surface area contributed by atoms with E-state index >= 15 is 0 Å². The van der Waals surface area contributed by atoms with E-state index in [1.54, 1.807) is 32.0 Å². The summed E-state index contributed by atoms with van der Waals surface area (Å²) in [5.41, 5.74) is -0.0101. The van der Waals surface area contributed by atoms with Gasteiger partial charge < -0.3 is 9.47 Å². The number of hydrogen-bond donors (Lipinski definition) is 1. The average Bonchev–Trinajstić information content (AvgIpc) is 2.55. The Hall–Kier alpha value is -2.94. The number of nitrogens with one attached hydrogen (secondary N) is 1. The highest BCUT2D eigenvalue weighted by Gasteiger charge is 2.19. The third kappa shape index (κ3) is 5.28. The van der Waals surface area contributed by atoms with Crippen LogP contribution >= 0.6 is 0 Å². The Kier molecular flexibility index (Phi) is 5.71. The number of benzene rings is 1. The summed E-state index contributed by atoms with van der Waals surface area (Å²) in [7, 11) is -3.98.